The van der Waals surface area contributed by atoms with Crippen LogP contribution in [0.4, 0.5) is 0 Å². The number of carbonyl (C=O) groups excluding carboxylic acids is 1. The minimum absolute atomic E-state index is 0.0544. The third kappa shape index (κ3) is 2.75. The molecule has 1 saturated carbocycles. The van der Waals surface area contributed by atoms with Crippen molar-refractivity contribution in [3.8, 4) is 10.4 Å². The number of hydrogen-bond acceptors (Lipinski definition) is 4. The SMILES string of the molecule is CC(=O)c1ccc(-c2cc(C)c(S(=O)(=O)N3C[C@@H]4CCC[C@@H]43)cc2C)s1. The fourth-order valence-electron chi connectivity index (χ4n) is 4.25. The summed E-state index contributed by atoms with van der Waals surface area (Å²) in [4.78, 5) is 13.7. The second kappa shape index (κ2) is 6.29. The van der Waals surface area contributed by atoms with E-state index in [0.29, 0.717) is 17.4 Å². The Balaban J connectivity index is 1.70. The lowest BCUT2D eigenvalue weighted by Crippen LogP contribution is -2.55. The fourth-order valence-corrected chi connectivity index (χ4v) is 7.29. The molecule has 4 rings (SSSR count). The zero-order valence-corrected chi connectivity index (χ0v) is 16.9. The summed E-state index contributed by atoms with van der Waals surface area (Å²) in [5, 5.41) is 0. The molecule has 26 heavy (non-hydrogen) atoms. The van der Waals surface area contributed by atoms with E-state index in [0.717, 1.165) is 45.7 Å². The molecule has 4 nitrogen and oxygen atoms in total. The van der Waals surface area contributed by atoms with Crippen LogP contribution in [0.25, 0.3) is 10.4 Å². The van der Waals surface area contributed by atoms with Crippen LogP contribution in [0.1, 0.15) is 47.0 Å². The maximum atomic E-state index is 13.2. The van der Waals surface area contributed by atoms with Crippen molar-refractivity contribution in [1.29, 1.82) is 0 Å². The lowest BCUT2D eigenvalue weighted by molar-refractivity contribution is 0.102. The van der Waals surface area contributed by atoms with Crippen molar-refractivity contribution in [3.63, 3.8) is 0 Å². The largest absolute Gasteiger partial charge is 0.294 e. The van der Waals surface area contributed by atoms with E-state index in [-0.39, 0.29) is 11.8 Å². The van der Waals surface area contributed by atoms with Crippen molar-refractivity contribution >= 4 is 27.1 Å². The van der Waals surface area contributed by atoms with Gasteiger partial charge in [-0.2, -0.15) is 4.31 Å². The molecule has 1 aliphatic carbocycles. The molecule has 0 bridgehead atoms. The molecule has 0 radical (unpaired) electrons. The lowest BCUT2D eigenvalue weighted by atomic mass is 9.96. The summed E-state index contributed by atoms with van der Waals surface area (Å²) >= 11 is 1.46. The van der Waals surface area contributed by atoms with E-state index < -0.39 is 10.0 Å². The first-order valence-electron chi connectivity index (χ1n) is 9.03. The topological polar surface area (TPSA) is 54.5 Å². The first kappa shape index (κ1) is 17.9. The number of Topliss-reactive ketones (excluding diaryl/α,β-unsaturated/α-hetero) is 1. The van der Waals surface area contributed by atoms with Crippen LogP contribution in [0.2, 0.25) is 0 Å². The molecule has 0 amide bonds. The zero-order valence-electron chi connectivity index (χ0n) is 15.3. The number of thiophene rings is 1. The van der Waals surface area contributed by atoms with Gasteiger partial charge in [0, 0.05) is 17.5 Å². The van der Waals surface area contributed by atoms with Gasteiger partial charge < -0.3 is 0 Å². The molecule has 2 heterocycles. The number of rotatable bonds is 4. The second-order valence-corrected chi connectivity index (χ2v) is 10.4. The van der Waals surface area contributed by atoms with Crippen LogP contribution in [0, 0.1) is 19.8 Å². The van der Waals surface area contributed by atoms with E-state index in [9.17, 15) is 13.2 Å². The minimum atomic E-state index is -3.43. The number of nitrogens with zero attached hydrogens (tertiary/aromatic N) is 1. The van der Waals surface area contributed by atoms with Gasteiger partial charge in [-0.05, 0) is 80.5 Å². The molecule has 1 aromatic carbocycles. The van der Waals surface area contributed by atoms with Gasteiger partial charge in [0.05, 0.1) is 9.77 Å². The molecule has 138 valence electrons. The molecule has 0 unspecified atom stereocenters. The predicted molar refractivity (Wildman–Crippen MR) is 104 cm³/mol. The molecule has 2 fully saturated rings. The Hall–Kier alpha value is -1.50. The summed E-state index contributed by atoms with van der Waals surface area (Å²) in [5.41, 5.74) is 2.70. The van der Waals surface area contributed by atoms with E-state index in [1.54, 1.807) is 17.3 Å². The Morgan fingerprint density at radius 3 is 2.58 bits per heavy atom. The Morgan fingerprint density at radius 2 is 1.92 bits per heavy atom. The van der Waals surface area contributed by atoms with Crippen molar-refractivity contribution in [3.05, 3.63) is 40.3 Å². The molecule has 1 saturated heterocycles. The smallest absolute Gasteiger partial charge is 0.243 e. The standard InChI is InChI=1S/C20H23NO3S2/c1-12-10-20(26(23,24)21-11-15-5-4-6-17(15)21)13(2)9-16(12)19-8-7-18(25-19)14(3)22/h7-10,15,17H,4-6,11H2,1-3H3/t15-,17-/m0/s1. The molecular formula is C20H23NO3S2. The van der Waals surface area contributed by atoms with Gasteiger partial charge in [0.25, 0.3) is 0 Å². The quantitative estimate of drug-likeness (QED) is 0.728. The molecule has 2 aliphatic rings. The van der Waals surface area contributed by atoms with Crippen molar-refractivity contribution in [2.45, 2.75) is 51.0 Å². The molecule has 0 spiro atoms. The van der Waals surface area contributed by atoms with Crippen molar-refractivity contribution in [2.75, 3.05) is 6.54 Å². The molecule has 1 aliphatic heterocycles. The van der Waals surface area contributed by atoms with Gasteiger partial charge in [0.2, 0.25) is 10.0 Å². The van der Waals surface area contributed by atoms with Crippen LogP contribution in [-0.4, -0.2) is 31.1 Å². The summed E-state index contributed by atoms with van der Waals surface area (Å²) in [6.45, 7) is 6.03. The third-order valence-electron chi connectivity index (χ3n) is 5.73. The van der Waals surface area contributed by atoms with Crippen LogP contribution in [-0.2, 0) is 10.0 Å². The van der Waals surface area contributed by atoms with Crippen molar-refractivity contribution < 1.29 is 13.2 Å². The van der Waals surface area contributed by atoms with Gasteiger partial charge >= 0.3 is 0 Å². The Morgan fingerprint density at radius 1 is 1.15 bits per heavy atom. The van der Waals surface area contributed by atoms with Gasteiger partial charge in [-0.25, -0.2) is 8.42 Å². The van der Waals surface area contributed by atoms with E-state index >= 15 is 0 Å². The summed E-state index contributed by atoms with van der Waals surface area (Å²) < 4.78 is 28.0. The summed E-state index contributed by atoms with van der Waals surface area (Å²) in [7, 11) is -3.43. The molecule has 0 N–H and O–H groups in total. The number of ketones is 1. The van der Waals surface area contributed by atoms with E-state index in [1.165, 1.54) is 11.3 Å². The first-order chi connectivity index (χ1) is 12.3. The van der Waals surface area contributed by atoms with Crippen molar-refractivity contribution in [2.24, 2.45) is 5.92 Å². The molecule has 6 heteroatoms. The van der Waals surface area contributed by atoms with Crippen molar-refractivity contribution in [1.82, 2.24) is 4.31 Å². The zero-order chi connectivity index (χ0) is 18.6. The summed E-state index contributed by atoms with van der Waals surface area (Å²) in [5.74, 6) is 0.611. The highest BCUT2D eigenvalue weighted by Crippen LogP contribution is 2.43. The minimum Gasteiger partial charge on any atom is -0.294 e. The lowest BCUT2D eigenvalue weighted by Gasteiger charge is -2.43. The Labute approximate surface area is 158 Å². The highest BCUT2D eigenvalue weighted by Gasteiger charge is 2.48. The number of sulfonamides is 1. The van der Waals surface area contributed by atoms with Crippen LogP contribution in [0.15, 0.2) is 29.2 Å². The average molecular weight is 390 g/mol. The number of benzene rings is 1. The Bertz CT molecular complexity index is 990. The highest BCUT2D eigenvalue weighted by atomic mass is 32.2. The van der Waals surface area contributed by atoms with Crippen LogP contribution < -0.4 is 0 Å². The number of aryl methyl sites for hydroxylation is 2. The van der Waals surface area contributed by atoms with Gasteiger partial charge in [-0.15, -0.1) is 11.3 Å². The number of carbonyl (C=O) groups is 1. The molecule has 1 aromatic heterocycles. The van der Waals surface area contributed by atoms with Crippen LogP contribution in [0.3, 0.4) is 0 Å². The second-order valence-electron chi connectivity index (χ2n) is 7.49. The van der Waals surface area contributed by atoms with Gasteiger partial charge in [0.15, 0.2) is 5.78 Å². The molecule has 2 atom stereocenters. The normalized spacial score (nSPS) is 22.9. The van der Waals surface area contributed by atoms with Crippen LogP contribution in [0.5, 0.6) is 0 Å². The van der Waals surface area contributed by atoms with Gasteiger partial charge in [-0.1, -0.05) is 6.42 Å². The molecule has 2 aromatic rings. The number of hydrogen-bond donors (Lipinski definition) is 0. The first-order valence-corrected chi connectivity index (χ1v) is 11.3. The third-order valence-corrected chi connectivity index (χ3v) is 8.98. The van der Waals surface area contributed by atoms with Gasteiger partial charge in [-0.3, -0.25) is 4.79 Å². The maximum Gasteiger partial charge on any atom is 0.243 e. The maximum absolute atomic E-state index is 13.2. The van der Waals surface area contributed by atoms with Gasteiger partial charge in [0.1, 0.15) is 0 Å². The average Bonchev–Trinajstić information content (AvgIpc) is 3.16. The Kier molecular flexibility index (Phi) is 4.33. The number of fused-ring (bicyclic) bond motifs is 1. The highest BCUT2D eigenvalue weighted by molar-refractivity contribution is 7.89. The van der Waals surface area contributed by atoms with E-state index in [1.807, 2.05) is 32.0 Å². The summed E-state index contributed by atoms with van der Waals surface area (Å²) in [6.07, 6.45) is 3.28. The molecular weight excluding hydrogens is 366 g/mol. The predicted octanol–water partition coefficient (Wildman–Crippen LogP) is 4.41. The van der Waals surface area contributed by atoms with Crippen LogP contribution >= 0.6 is 11.3 Å². The van der Waals surface area contributed by atoms with E-state index in [4.69, 9.17) is 0 Å². The van der Waals surface area contributed by atoms with E-state index in [2.05, 4.69) is 0 Å². The summed E-state index contributed by atoms with van der Waals surface area (Å²) in [6, 6.07) is 7.73. The monoisotopic (exact) mass is 389 g/mol. The fraction of sp³-hybridized carbons (Fsp3) is 0.450.